The van der Waals surface area contributed by atoms with Crippen molar-refractivity contribution in [3.05, 3.63) is 36.2 Å². The zero-order valence-electron chi connectivity index (χ0n) is 15.2. The summed E-state index contributed by atoms with van der Waals surface area (Å²) in [6, 6.07) is 7.65. The van der Waals surface area contributed by atoms with Gasteiger partial charge in [-0.25, -0.2) is 4.98 Å². The number of hydrogen-bond acceptors (Lipinski definition) is 4. The van der Waals surface area contributed by atoms with Gasteiger partial charge in [-0.05, 0) is 32.9 Å². The Morgan fingerprint density at radius 2 is 1.96 bits per heavy atom. The third-order valence-corrected chi connectivity index (χ3v) is 4.56. The van der Waals surface area contributed by atoms with Crippen molar-refractivity contribution in [2.45, 2.75) is 39.3 Å². The average Bonchev–Trinajstić information content (AvgIpc) is 2.96. The molecule has 0 bridgehead atoms. The summed E-state index contributed by atoms with van der Waals surface area (Å²) in [5, 5.41) is 0. The van der Waals surface area contributed by atoms with Crippen LogP contribution in [0.5, 0.6) is 0 Å². The Morgan fingerprint density at radius 1 is 1.28 bits per heavy atom. The van der Waals surface area contributed by atoms with E-state index in [2.05, 4.69) is 9.97 Å². The van der Waals surface area contributed by atoms with Gasteiger partial charge in [-0.1, -0.05) is 12.1 Å². The van der Waals surface area contributed by atoms with Crippen LogP contribution in [0.4, 0.5) is 0 Å². The Hall–Kier alpha value is -2.50. The molecular formula is C19H24N4O2. The molecule has 1 saturated heterocycles. The highest BCUT2D eigenvalue weighted by molar-refractivity contribution is 5.89. The monoisotopic (exact) mass is 340 g/mol. The first-order valence-electron chi connectivity index (χ1n) is 8.52. The van der Waals surface area contributed by atoms with Gasteiger partial charge < -0.3 is 9.80 Å². The summed E-state index contributed by atoms with van der Waals surface area (Å²) in [5.74, 6) is -0.259. The first kappa shape index (κ1) is 17.3. The first-order chi connectivity index (χ1) is 11.8. The highest BCUT2D eigenvalue weighted by Crippen LogP contribution is 2.27. The third kappa shape index (κ3) is 3.62. The molecule has 6 heteroatoms. The third-order valence-electron chi connectivity index (χ3n) is 4.56. The molecule has 1 atom stereocenters. The summed E-state index contributed by atoms with van der Waals surface area (Å²) < 4.78 is 0. The number of nitrogens with zero attached hydrogens (tertiary/aromatic N) is 4. The lowest BCUT2D eigenvalue weighted by Crippen LogP contribution is -2.43. The van der Waals surface area contributed by atoms with Gasteiger partial charge in [-0.2, -0.15) is 0 Å². The Balaban J connectivity index is 1.69. The van der Waals surface area contributed by atoms with Crippen molar-refractivity contribution in [3.63, 3.8) is 0 Å². The first-order valence-corrected chi connectivity index (χ1v) is 8.52. The van der Waals surface area contributed by atoms with Gasteiger partial charge in [-0.3, -0.25) is 14.6 Å². The van der Waals surface area contributed by atoms with Crippen molar-refractivity contribution in [2.24, 2.45) is 5.92 Å². The Morgan fingerprint density at radius 3 is 2.60 bits per heavy atom. The number of para-hydroxylation sites is 2. The smallest absolute Gasteiger partial charge is 0.228 e. The lowest BCUT2D eigenvalue weighted by Gasteiger charge is -2.32. The fraction of sp³-hybridized carbons (Fsp3) is 0.474. The molecule has 132 valence electrons. The van der Waals surface area contributed by atoms with E-state index in [-0.39, 0.29) is 29.7 Å². The molecule has 1 fully saturated rings. The Bertz CT molecular complexity index is 812. The molecule has 0 aliphatic carbocycles. The molecule has 0 N–H and O–H groups in total. The topological polar surface area (TPSA) is 66.4 Å². The second-order valence-corrected chi connectivity index (χ2v) is 7.62. The van der Waals surface area contributed by atoms with E-state index in [0.717, 1.165) is 16.7 Å². The van der Waals surface area contributed by atoms with Crippen LogP contribution in [0, 0.1) is 5.92 Å². The number of benzene rings is 1. The highest BCUT2D eigenvalue weighted by atomic mass is 16.2. The van der Waals surface area contributed by atoms with Crippen LogP contribution >= 0.6 is 0 Å². The minimum absolute atomic E-state index is 0.0185. The molecule has 3 rings (SSSR count). The minimum atomic E-state index is -0.287. The molecule has 6 nitrogen and oxygen atoms in total. The van der Waals surface area contributed by atoms with Crippen LogP contribution in [0.1, 0.15) is 32.9 Å². The van der Waals surface area contributed by atoms with Crippen LogP contribution < -0.4 is 0 Å². The molecule has 1 aliphatic rings. The Labute approximate surface area is 147 Å². The highest BCUT2D eigenvalue weighted by Gasteiger charge is 2.40. The molecule has 0 spiro atoms. The summed E-state index contributed by atoms with van der Waals surface area (Å²) in [5.41, 5.74) is 2.14. The van der Waals surface area contributed by atoms with Gasteiger partial charge in [0.1, 0.15) is 0 Å². The molecular weight excluding hydrogens is 316 g/mol. The fourth-order valence-corrected chi connectivity index (χ4v) is 3.23. The van der Waals surface area contributed by atoms with Crippen molar-refractivity contribution < 1.29 is 9.59 Å². The summed E-state index contributed by atoms with van der Waals surface area (Å²) in [4.78, 5) is 37.3. The summed E-state index contributed by atoms with van der Waals surface area (Å²) >= 11 is 0. The normalized spacial score (nSPS) is 18.0. The van der Waals surface area contributed by atoms with Gasteiger partial charge >= 0.3 is 0 Å². The lowest BCUT2D eigenvalue weighted by atomic mass is 10.1. The quantitative estimate of drug-likeness (QED) is 0.859. The van der Waals surface area contributed by atoms with Gasteiger partial charge in [0.2, 0.25) is 11.8 Å². The van der Waals surface area contributed by atoms with Gasteiger partial charge in [0.05, 0.1) is 35.4 Å². The van der Waals surface area contributed by atoms with E-state index in [1.807, 2.05) is 45.0 Å². The summed E-state index contributed by atoms with van der Waals surface area (Å²) in [6.45, 7) is 6.84. The number of amides is 2. The number of rotatable bonds is 3. The van der Waals surface area contributed by atoms with Crippen molar-refractivity contribution >= 4 is 22.8 Å². The lowest BCUT2D eigenvalue weighted by molar-refractivity contribution is -0.135. The number of hydrogen-bond donors (Lipinski definition) is 0. The maximum absolute atomic E-state index is 12.7. The second-order valence-electron chi connectivity index (χ2n) is 7.62. The van der Waals surface area contributed by atoms with Crippen molar-refractivity contribution in [1.82, 2.24) is 19.8 Å². The molecule has 1 aromatic carbocycles. The fourth-order valence-electron chi connectivity index (χ4n) is 3.23. The van der Waals surface area contributed by atoms with Crippen molar-refractivity contribution in [1.29, 1.82) is 0 Å². The van der Waals surface area contributed by atoms with E-state index >= 15 is 0 Å². The standard InChI is InChI=1S/C19H24N4O2/c1-19(2,3)23-11-13(9-17(23)24)18(25)22(4)12-14-10-20-15-7-5-6-8-16(15)21-14/h5-8,10,13H,9,11-12H2,1-4H3/t13-/m0/s1. The van der Waals surface area contributed by atoms with E-state index in [0.29, 0.717) is 13.1 Å². The number of aromatic nitrogens is 2. The van der Waals surface area contributed by atoms with Crippen molar-refractivity contribution in [3.8, 4) is 0 Å². The van der Waals surface area contributed by atoms with Crippen LogP contribution in [-0.2, 0) is 16.1 Å². The molecule has 0 saturated carbocycles. The molecule has 2 heterocycles. The van der Waals surface area contributed by atoms with Gasteiger partial charge in [-0.15, -0.1) is 0 Å². The maximum atomic E-state index is 12.7. The molecule has 0 radical (unpaired) electrons. The second kappa shape index (κ2) is 6.43. The predicted octanol–water partition coefficient (Wildman–Crippen LogP) is 2.24. The number of carbonyl (C=O) groups is 2. The van der Waals surface area contributed by atoms with E-state index in [1.54, 1.807) is 23.0 Å². The number of likely N-dealkylation sites (tertiary alicyclic amines) is 1. The van der Waals surface area contributed by atoms with Crippen LogP contribution in [0.2, 0.25) is 0 Å². The maximum Gasteiger partial charge on any atom is 0.228 e. The Kier molecular flexibility index (Phi) is 4.45. The number of carbonyl (C=O) groups excluding carboxylic acids is 2. The average molecular weight is 340 g/mol. The van der Waals surface area contributed by atoms with Gasteiger partial charge in [0.15, 0.2) is 0 Å². The molecule has 25 heavy (non-hydrogen) atoms. The molecule has 2 amide bonds. The molecule has 0 unspecified atom stereocenters. The van der Waals surface area contributed by atoms with Crippen molar-refractivity contribution in [2.75, 3.05) is 13.6 Å². The van der Waals surface area contributed by atoms with E-state index in [1.165, 1.54) is 0 Å². The number of fused-ring (bicyclic) bond motifs is 1. The molecule has 2 aromatic rings. The molecule has 1 aliphatic heterocycles. The molecule has 1 aromatic heterocycles. The van der Waals surface area contributed by atoms with Crippen LogP contribution in [0.3, 0.4) is 0 Å². The SMILES string of the molecule is CN(Cc1cnc2ccccc2n1)C(=O)[C@H]1CC(=O)N(C(C)(C)C)C1. The van der Waals surface area contributed by atoms with Crippen LogP contribution in [-0.4, -0.2) is 50.7 Å². The zero-order valence-corrected chi connectivity index (χ0v) is 15.2. The van der Waals surface area contributed by atoms with Gasteiger partial charge in [0.25, 0.3) is 0 Å². The van der Waals surface area contributed by atoms with E-state index < -0.39 is 0 Å². The van der Waals surface area contributed by atoms with E-state index in [4.69, 9.17) is 0 Å². The van der Waals surface area contributed by atoms with Crippen LogP contribution in [0.15, 0.2) is 30.5 Å². The summed E-state index contributed by atoms with van der Waals surface area (Å²) in [6.07, 6.45) is 1.98. The van der Waals surface area contributed by atoms with Crippen LogP contribution in [0.25, 0.3) is 11.0 Å². The predicted molar refractivity (Wildman–Crippen MR) is 95.6 cm³/mol. The van der Waals surface area contributed by atoms with E-state index in [9.17, 15) is 9.59 Å². The zero-order chi connectivity index (χ0) is 18.2. The van der Waals surface area contributed by atoms with Gasteiger partial charge in [0, 0.05) is 25.6 Å². The summed E-state index contributed by atoms with van der Waals surface area (Å²) in [7, 11) is 1.75. The largest absolute Gasteiger partial charge is 0.339 e. The minimum Gasteiger partial charge on any atom is -0.339 e.